The number of aromatic nitrogens is 1. The van der Waals surface area contributed by atoms with Crippen molar-refractivity contribution >= 4 is 9.24 Å². The minimum atomic E-state index is -1.40. The monoisotopic (exact) mass is 256 g/mol. The lowest BCUT2D eigenvalue weighted by atomic mass is 10.0. The Morgan fingerprint density at radius 2 is 2.12 bits per heavy atom. The van der Waals surface area contributed by atoms with Gasteiger partial charge in [0.25, 0.3) is 0 Å². The Balaban J connectivity index is 0.000000437. The van der Waals surface area contributed by atoms with E-state index in [1.165, 1.54) is 6.42 Å². The molecule has 0 aliphatic carbocycles. The molecule has 0 aromatic carbocycles. The van der Waals surface area contributed by atoms with Gasteiger partial charge in [-0.3, -0.25) is 4.98 Å². The van der Waals surface area contributed by atoms with Crippen molar-refractivity contribution in [2.75, 3.05) is 6.54 Å². The molecule has 1 aliphatic heterocycles. The molecule has 2 nitrogen and oxygen atoms in total. The fourth-order valence-electron chi connectivity index (χ4n) is 1.72. The van der Waals surface area contributed by atoms with Gasteiger partial charge in [0.1, 0.15) is 0 Å². The number of hydrogen-bond acceptors (Lipinski definition) is 2. The number of fused-ring (bicyclic) bond motifs is 1. The molecule has 0 spiro atoms. The van der Waals surface area contributed by atoms with Crippen LogP contribution < -0.4 is 5.32 Å². The zero-order valence-corrected chi connectivity index (χ0v) is 12.0. The van der Waals surface area contributed by atoms with E-state index in [9.17, 15) is 4.39 Å². The summed E-state index contributed by atoms with van der Waals surface area (Å²) < 4.78 is 13.9. The molecule has 2 atom stereocenters. The second-order valence-electron chi connectivity index (χ2n) is 4.38. The molecule has 1 N–H and O–H groups in total. The van der Waals surface area contributed by atoms with Gasteiger partial charge in [0.05, 0.1) is 5.69 Å². The highest BCUT2D eigenvalue weighted by Crippen LogP contribution is 2.36. The maximum atomic E-state index is 13.9. The molecule has 4 heteroatoms. The van der Waals surface area contributed by atoms with Crippen molar-refractivity contribution in [3.05, 3.63) is 29.1 Å². The number of rotatable bonds is 1. The fourth-order valence-corrected chi connectivity index (χ4v) is 2.13. The number of halogens is 1. The molecule has 2 unspecified atom stereocenters. The van der Waals surface area contributed by atoms with Gasteiger partial charge < -0.3 is 5.32 Å². The number of hydrogen-bond donors (Lipinski definition) is 1. The van der Waals surface area contributed by atoms with Crippen LogP contribution in [0.25, 0.3) is 0 Å². The lowest BCUT2D eigenvalue weighted by Crippen LogP contribution is -2.36. The molecular formula is C13H22FN2P. The fraction of sp³-hybridized carbons (Fsp3) is 0.615. The normalized spacial score (nSPS) is 22.4. The van der Waals surface area contributed by atoms with E-state index in [0.717, 1.165) is 24.1 Å². The molecule has 1 aliphatic rings. The zero-order valence-electron chi connectivity index (χ0n) is 10.9. The van der Waals surface area contributed by atoms with Crippen LogP contribution in [0.15, 0.2) is 12.3 Å². The Bertz CT molecular complexity index is 366. The van der Waals surface area contributed by atoms with Crippen molar-refractivity contribution in [1.82, 2.24) is 10.3 Å². The zero-order chi connectivity index (χ0) is 12.9. The predicted molar refractivity (Wildman–Crippen MR) is 73.8 cm³/mol. The molecule has 0 saturated heterocycles. The molecule has 0 amide bonds. The van der Waals surface area contributed by atoms with E-state index in [4.69, 9.17) is 0 Å². The third kappa shape index (κ3) is 3.72. The minimum absolute atomic E-state index is 0.323. The Morgan fingerprint density at radius 1 is 1.47 bits per heavy atom. The summed E-state index contributed by atoms with van der Waals surface area (Å²) in [7, 11) is 2.23. The van der Waals surface area contributed by atoms with Crippen LogP contribution in [0.4, 0.5) is 4.39 Å². The highest BCUT2D eigenvalue weighted by Gasteiger charge is 2.33. The molecule has 0 fully saturated rings. The van der Waals surface area contributed by atoms with Crippen molar-refractivity contribution in [2.24, 2.45) is 0 Å². The minimum Gasteiger partial charge on any atom is -0.309 e. The average molecular weight is 256 g/mol. The standard InChI is InChI=1S/C10H14FN2P.C3H8/c1-2-7-3-8-5-12-6-10(11,14)9(8)13-4-7;1-3-2/h3-4,12H,2,5-6,14H2,1H3;3H2,1-2H3. The molecule has 0 saturated carbocycles. The van der Waals surface area contributed by atoms with E-state index in [1.807, 2.05) is 6.07 Å². The molecule has 0 bridgehead atoms. The summed E-state index contributed by atoms with van der Waals surface area (Å²) in [5, 5.41) is 1.64. The molecule has 0 radical (unpaired) electrons. The molecule has 2 rings (SSSR count). The Hall–Kier alpha value is -0.530. The number of nitrogens with zero attached hydrogens (tertiary/aromatic N) is 1. The van der Waals surface area contributed by atoms with Crippen molar-refractivity contribution in [2.45, 2.75) is 45.6 Å². The van der Waals surface area contributed by atoms with E-state index in [0.29, 0.717) is 12.2 Å². The highest BCUT2D eigenvalue weighted by atomic mass is 31.0. The lowest BCUT2D eigenvalue weighted by Gasteiger charge is -2.28. The van der Waals surface area contributed by atoms with Crippen LogP contribution in [0.3, 0.4) is 0 Å². The third-order valence-corrected chi connectivity index (χ3v) is 3.00. The van der Waals surface area contributed by atoms with Crippen molar-refractivity contribution < 1.29 is 4.39 Å². The Morgan fingerprint density at radius 3 is 2.71 bits per heavy atom. The van der Waals surface area contributed by atoms with E-state index in [1.54, 1.807) is 6.20 Å². The summed E-state index contributed by atoms with van der Waals surface area (Å²) in [5.74, 6) is 0. The first-order valence-electron chi connectivity index (χ1n) is 6.21. The van der Waals surface area contributed by atoms with Crippen LogP contribution >= 0.6 is 9.24 Å². The molecule has 96 valence electrons. The van der Waals surface area contributed by atoms with Gasteiger partial charge in [-0.25, -0.2) is 4.39 Å². The van der Waals surface area contributed by atoms with Crippen LogP contribution in [-0.4, -0.2) is 11.5 Å². The van der Waals surface area contributed by atoms with Gasteiger partial charge in [-0.05, 0) is 17.5 Å². The quantitative estimate of drug-likeness (QED) is 0.781. The van der Waals surface area contributed by atoms with Crippen molar-refractivity contribution in [3.8, 4) is 0 Å². The van der Waals surface area contributed by atoms with Gasteiger partial charge in [-0.1, -0.05) is 42.5 Å². The molecule has 2 heterocycles. The Kier molecular flexibility index (Phi) is 5.48. The van der Waals surface area contributed by atoms with E-state index < -0.39 is 5.41 Å². The first kappa shape index (κ1) is 14.5. The number of nitrogens with one attached hydrogen (secondary N) is 1. The molecular weight excluding hydrogens is 234 g/mol. The summed E-state index contributed by atoms with van der Waals surface area (Å²) in [4.78, 5) is 4.21. The van der Waals surface area contributed by atoms with Gasteiger partial charge in [-0.15, -0.1) is 0 Å². The van der Waals surface area contributed by atoms with Crippen LogP contribution in [0.2, 0.25) is 0 Å². The molecule has 1 aromatic rings. The largest absolute Gasteiger partial charge is 0.309 e. The molecule has 1 aromatic heterocycles. The SMILES string of the molecule is CCC.CCc1cnc2c(c1)CNCC2(F)P. The third-order valence-electron chi connectivity index (χ3n) is 2.52. The average Bonchev–Trinajstić information content (AvgIpc) is 2.29. The van der Waals surface area contributed by atoms with Crippen LogP contribution in [0.5, 0.6) is 0 Å². The van der Waals surface area contributed by atoms with Gasteiger partial charge in [0.15, 0.2) is 5.41 Å². The maximum Gasteiger partial charge on any atom is 0.177 e. The van der Waals surface area contributed by atoms with Crippen LogP contribution in [0.1, 0.15) is 44.0 Å². The second-order valence-corrected chi connectivity index (χ2v) is 5.29. The number of pyridine rings is 1. The summed E-state index contributed by atoms with van der Waals surface area (Å²) >= 11 is 0. The van der Waals surface area contributed by atoms with Crippen molar-refractivity contribution in [3.63, 3.8) is 0 Å². The van der Waals surface area contributed by atoms with Gasteiger partial charge in [0.2, 0.25) is 0 Å². The number of aryl methyl sites for hydroxylation is 1. The summed E-state index contributed by atoms with van der Waals surface area (Å²) in [6.07, 6.45) is 3.96. The second kappa shape index (κ2) is 6.42. The summed E-state index contributed by atoms with van der Waals surface area (Å²) in [6, 6.07) is 2.03. The smallest absolute Gasteiger partial charge is 0.177 e. The maximum absolute atomic E-state index is 13.9. The predicted octanol–water partition coefficient (Wildman–Crippen LogP) is 3.16. The topological polar surface area (TPSA) is 24.9 Å². The first-order valence-corrected chi connectivity index (χ1v) is 6.79. The van der Waals surface area contributed by atoms with E-state index in [2.05, 4.69) is 40.3 Å². The summed E-state index contributed by atoms with van der Waals surface area (Å²) in [6.45, 7) is 7.36. The summed E-state index contributed by atoms with van der Waals surface area (Å²) in [5.41, 5.74) is 2.71. The van der Waals surface area contributed by atoms with Crippen LogP contribution in [-0.2, 0) is 18.4 Å². The Labute approximate surface area is 106 Å². The number of alkyl halides is 1. The lowest BCUT2D eigenvalue weighted by molar-refractivity contribution is 0.257. The van der Waals surface area contributed by atoms with E-state index in [-0.39, 0.29) is 0 Å². The van der Waals surface area contributed by atoms with Crippen LogP contribution in [0, 0.1) is 0 Å². The first-order chi connectivity index (χ1) is 8.05. The van der Waals surface area contributed by atoms with E-state index >= 15 is 0 Å². The van der Waals surface area contributed by atoms with Gasteiger partial charge in [0, 0.05) is 19.3 Å². The molecule has 17 heavy (non-hydrogen) atoms. The van der Waals surface area contributed by atoms with Gasteiger partial charge >= 0.3 is 0 Å². The van der Waals surface area contributed by atoms with Crippen molar-refractivity contribution in [1.29, 1.82) is 0 Å². The highest BCUT2D eigenvalue weighted by molar-refractivity contribution is 7.18. The van der Waals surface area contributed by atoms with Gasteiger partial charge in [-0.2, -0.15) is 0 Å².